The number of benzene rings is 1. The third kappa shape index (κ3) is 4.58. The monoisotopic (exact) mass is 304 g/mol. The fourth-order valence-electron chi connectivity index (χ4n) is 2.53. The van der Waals surface area contributed by atoms with Crippen molar-refractivity contribution in [1.82, 2.24) is 5.32 Å². The van der Waals surface area contributed by atoms with Crippen molar-refractivity contribution in [3.05, 3.63) is 42.5 Å². The third-order valence-corrected chi connectivity index (χ3v) is 3.86. The summed E-state index contributed by atoms with van der Waals surface area (Å²) in [5, 5.41) is 2.90. The molecule has 2 rings (SSSR count). The molecule has 1 aliphatic rings. The second-order valence-electron chi connectivity index (χ2n) is 5.40. The van der Waals surface area contributed by atoms with Gasteiger partial charge in [-0.25, -0.2) is 0 Å². The number of hydrogen-bond donors (Lipinski definition) is 2. The lowest BCUT2D eigenvalue weighted by Gasteiger charge is -2.26. The highest BCUT2D eigenvalue weighted by Crippen LogP contribution is 2.19. The molecule has 1 unspecified atom stereocenters. The van der Waals surface area contributed by atoms with Gasteiger partial charge in [0.15, 0.2) is 0 Å². The Labute approximate surface area is 131 Å². The van der Waals surface area contributed by atoms with Crippen LogP contribution in [0.15, 0.2) is 36.9 Å². The summed E-state index contributed by atoms with van der Waals surface area (Å²) in [5.74, 6) is 0.828. The second-order valence-corrected chi connectivity index (χ2v) is 5.40. The molecule has 0 spiro atoms. The Hall–Kier alpha value is -1.85. The number of nitrogens with two attached hydrogens (primary N) is 1. The van der Waals surface area contributed by atoms with Crippen molar-refractivity contribution < 1.29 is 14.3 Å². The van der Waals surface area contributed by atoms with Crippen LogP contribution in [0.4, 0.5) is 0 Å². The van der Waals surface area contributed by atoms with Crippen LogP contribution in [0.1, 0.15) is 18.4 Å². The van der Waals surface area contributed by atoms with Gasteiger partial charge in [-0.2, -0.15) is 0 Å². The molecule has 1 aromatic rings. The Balaban J connectivity index is 1.88. The van der Waals surface area contributed by atoms with E-state index in [0.717, 1.165) is 24.2 Å². The zero-order chi connectivity index (χ0) is 15.8. The molecule has 1 aromatic carbocycles. The van der Waals surface area contributed by atoms with Gasteiger partial charge in [0.1, 0.15) is 12.4 Å². The number of rotatable bonds is 7. The van der Waals surface area contributed by atoms with E-state index in [0.29, 0.717) is 26.4 Å². The Morgan fingerprint density at radius 3 is 2.91 bits per heavy atom. The summed E-state index contributed by atoms with van der Waals surface area (Å²) < 4.78 is 10.9. The first-order valence-corrected chi connectivity index (χ1v) is 7.65. The molecule has 3 N–H and O–H groups in total. The summed E-state index contributed by atoms with van der Waals surface area (Å²) in [5.41, 5.74) is 6.99. The van der Waals surface area contributed by atoms with Crippen molar-refractivity contribution in [2.75, 3.05) is 19.8 Å². The molecule has 0 aromatic heterocycles. The van der Waals surface area contributed by atoms with Crippen LogP contribution in [-0.4, -0.2) is 31.8 Å². The van der Waals surface area contributed by atoms with Crippen molar-refractivity contribution >= 4 is 5.91 Å². The highest BCUT2D eigenvalue weighted by atomic mass is 16.5. The molecule has 1 heterocycles. The highest BCUT2D eigenvalue weighted by Gasteiger charge is 2.26. The van der Waals surface area contributed by atoms with Gasteiger partial charge in [0.2, 0.25) is 5.91 Å². The van der Waals surface area contributed by atoms with Gasteiger partial charge in [-0.3, -0.25) is 4.79 Å². The number of para-hydroxylation sites is 1. The quantitative estimate of drug-likeness (QED) is 0.751. The van der Waals surface area contributed by atoms with Crippen LogP contribution < -0.4 is 15.8 Å². The highest BCUT2D eigenvalue weighted by molar-refractivity contribution is 5.81. The fraction of sp³-hybridized carbons (Fsp3) is 0.471. The number of amides is 1. The molecule has 1 amide bonds. The topological polar surface area (TPSA) is 73.6 Å². The molecule has 1 aliphatic heterocycles. The standard InChI is InChI=1S/C17H24N2O3/c1-2-9-22-15-6-4-3-5-14(15)12-19-17(20)16(18)13-7-10-21-11-8-13/h2-6,13,16H,1,7-12,18H2,(H,19,20). The summed E-state index contributed by atoms with van der Waals surface area (Å²) in [6.45, 7) is 5.84. The summed E-state index contributed by atoms with van der Waals surface area (Å²) in [6, 6.07) is 7.14. The van der Waals surface area contributed by atoms with E-state index in [1.54, 1.807) is 6.08 Å². The van der Waals surface area contributed by atoms with E-state index in [-0.39, 0.29) is 11.8 Å². The van der Waals surface area contributed by atoms with E-state index in [9.17, 15) is 4.79 Å². The van der Waals surface area contributed by atoms with E-state index in [1.807, 2.05) is 24.3 Å². The van der Waals surface area contributed by atoms with Crippen molar-refractivity contribution in [1.29, 1.82) is 0 Å². The molecular weight excluding hydrogens is 280 g/mol. The molecule has 1 saturated heterocycles. The van der Waals surface area contributed by atoms with Gasteiger partial charge in [-0.1, -0.05) is 30.9 Å². The summed E-state index contributed by atoms with van der Waals surface area (Å²) in [4.78, 5) is 12.2. The van der Waals surface area contributed by atoms with Gasteiger partial charge < -0.3 is 20.5 Å². The Kier molecular flexibility index (Phi) is 6.43. The lowest BCUT2D eigenvalue weighted by Crippen LogP contribution is -2.46. The molecule has 22 heavy (non-hydrogen) atoms. The van der Waals surface area contributed by atoms with E-state index >= 15 is 0 Å². The van der Waals surface area contributed by atoms with Crippen LogP contribution in [0, 0.1) is 5.92 Å². The first-order chi connectivity index (χ1) is 10.7. The first-order valence-electron chi connectivity index (χ1n) is 7.65. The van der Waals surface area contributed by atoms with Gasteiger partial charge in [-0.15, -0.1) is 0 Å². The van der Waals surface area contributed by atoms with Gasteiger partial charge in [-0.05, 0) is 24.8 Å². The summed E-state index contributed by atoms with van der Waals surface area (Å²) in [7, 11) is 0. The molecule has 0 radical (unpaired) electrons. The molecule has 0 bridgehead atoms. The van der Waals surface area contributed by atoms with Crippen LogP contribution in [-0.2, 0) is 16.1 Å². The van der Waals surface area contributed by atoms with Crippen LogP contribution in [0.5, 0.6) is 5.75 Å². The van der Waals surface area contributed by atoms with Crippen molar-refractivity contribution in [2.45, 2.75) is 25.4 Å². The largest absolute Gasteiger partial charge is 0.489 e. The molecule has 0 saturated carbocycles. The van der Waals surface area contributed by atoms with Crippen molar-refractivity contribution in [2.24, 2.45) is 11.7 Å². The van der Waals surface area contributed by atoms with Crippen LogP contribution in [0.2, 0.25) is 0 Å². The maximum Gasteiger partial charge on any atom is 0.237 e. The molecule has 1 atom stereocenters. The zero-order valence-electron chi connectivity index (χ0n) is 12.8. The molecule has 0 aliphatic carbocycles. The average Bonchev–Trinajstić information content (AvgIpc) is 2.58. The summed E-state index contributed by atoms with van der Waals surface area (Å²) >= 11 is 0. The van der Waals surface area contributed by atoms with Gasteiger partial charge in [0.05, 0.1) is 6.04 Å². The Morgan fingerprint density at radius 2 is 2.18 bits per heavy atom. The van der Waals surface area contributed by atoms with E-state index < -0.39 is 6.04 Å². The molecule has 5 nitrogen and oxygen atoms in total. The predicted molar refractivity (Wildman–Crippen MR) is 85.5 cm³/mol. The molecular formula is C17H24N2O3. The Morgan fingerprint density at radius 1 is 1.45 bits per heavy atom. The van der Waals surface area contributed by atoms with E-state index in [2.05, 4.69) is 11.9 Å². The average molecular weight is 304 g/mol. The number of carbonyl (C=O) groups excluding carboxylic acids is 1. The van der Waals surface area contributed by atoms with Crippen LogP contribution in [0.25, 0.3) is 0 Å². The van der Waals surface area contributed by atoms with Gasteiger partial charge >= 0.3 is 0 Å². The number of carbonyl (C=O) groups is 1. The normalized spacial score (nSPS) is 16.8. The minimum absolute atomic E-state index is 0.120. The van der Waals surface area contributed by atoms with E-state index in [4.69, 9.17) is 15.2 Å². The molecule has 1 fully saturated rings. The molecule has 5 heteroatoms. The zero-order valence-corrected chi connectivity index (χ0v) is 12.8. The lowest BCUT2D eigenvalue weighted by atomic mass is 9.92. The van der Waals surface area contributed by atoms with E-state index in [1.165, 1.54) is 0 Å². The number of ether oxygens (including phenoxy) is 2. The van der Waals surface area contributed by atoms with Crippen molar-refractivity contribution in [3.8, 4) is 5.75 Å². The van der Waals surface area contributed by atoms with Crippen molar-refractivity contribution in [3.63, 3.8) is 0 Å². The fourth-order valence-corrected chi connectivity index (χ4v) is 2.53. The first kappa shape index (κ1) is 16.5. The molecule has 120 valence electrons. The second kappa shape index (κ2) is 8.56. The van der Waals surface area contributed by atoms with Gasteiger partial charge in [0, 0.05) is 25.3 Å². The number of hydrogen-bond acceptors (Lipinski definition) is 4. The van der Waals surface area contributed by atoms with Crippen LogP contribution in [0.3, 0.4) is 0 Å². The summed E-state index contributed by atoms with van der Waals surface area (Å²) in [6.07, 6.45) is 3.37. The predicted octanol–water partition coefficient (Wildman–Crippen LogP) is 1.62. The lowest BCUT2D eigenvalue weighted by molar-refractivity contribution is -0.124. The SMILES string of the molecule is C=CCOc1ccccc1CNC(=O)C(N)C1CCOCC1. The van der Waals surface area contributed by atoms with Crippen LogP contribution >= 0.6 is 0 Å². The maximum absolute atomic E-state index is 12.2. The van der Waals surface area contributed by atoms with Gasteiger partial charge in [0.25, 0.3) is 0 Å². The smallest absolute Gasteiger partial charge is 0.237 e. The third-order valence-electron chi connectivity index (χ3n) is 3.86. The number of nitrogens with one attached hydrogen (secondary N) is 1. The maximum atomic E-state index is 12.2. The Bertz CT molecular complexity index is 498. The minimum Gasteiger partial charge on any atom is -0.489 e. The minimum atomic E-state index is -0.481.